The van der Waals surface area contributed by atoms with Gasteiger partial charge in [-0.25, -0.2) is 0 Å². The van der Waals surface area contributed by atoms with Gasteiger partial charge >= 0.3 is 147 Å². The van der Waals surface area contributed by atoms with Crippen molar-refractivity contribution in [1.29, 1.82) is 0 Å². The molecule has 150 valence electrons. The Hall–Kier alpha value is -1.32. The number of pyridine rings is 1. The van der Waals surface area contributed by atoms with Gasteiger partial charge in [0.05, 0.1) is 0 Å². The minimum absolute atomic E-state index is 0.267. The van der Waals surface area contributed by atoms with E-state index < -0.39 is 0 Å². The molecule has 5 nitrogen and oxygen atoms in total. The summed E-state index contributed by atoms with van der Waals surface area (Å²) in [6.07, 6.45) is 6.04. The van der Waals surface area contributed by atoms with E-state index in [-0.39, 0.29) is 27.4 Å². The van der Waals surface area contributed by atoms with Gasteiger partial charge in [-0.15, -0.1) is 0 Å². The van der Waals surface area contributed by atoms with E-state index in [1.807, 2.05) is 6.07 Å². The topological polar surface area (TPSA) is 54.0 Å². The standard InChI is InChI=1S/C21H22BClIN4O/c22-24-28-10-8-14(9-11-28)13-4-6-15(7-5-13)19-17(23)12-18-20(26-19)27-21(25-18)29-16-2-1-3-16/h4-7,12,14,16H,1-3,8-11H2,(H,25,26,27)/q-1. The van der Waals surface area contributed by atoms with Crippen LogP contribution in [0.4, 0.5) is 0 Å². The van der Waals surface area contributed by atoms with E-state index in [9.17, 15) is 0 Å². The molecule has 1 saturated carbocycles. The fourth-order valence-electron chi connectivity index (χ4n) is 3.99. The zero-order valence-corrected chi connectivity index (χ0v) is 19.0. The minimum atomic E-state index is -0.267. The van der Waals surface area contributed by atoms with Crippen LogP contribution in [0.1, 0.15) is 43.6 Å². The predicted molar refractivity (Wildman–Crippen MR) is 112 cm³/mol. The van der Waals surface area contributed by atoms with E-state index >= 15 is 0 Å². The Morgan fingerprint density at radius 1 is 1.10 bits per heavy atom. The van der Waals surface area contributed by atoms with Crippen molar-refractivity contribution in [2.75, 3.05) is 13.1 Å². The third-order valence-electron chi connectivity index (χ3n) is 5.97. The fourth-order valence-corrected chi connectivity index (χ4v) is 5.37. The molecule has 0 bridgehead atoms. The van der Waals surface area contributed by atoms with Crippen molar-refractivity contribution < 1.29 is 26.0 Å². The number of fused-ring (bicyclic) bond motifs is 1. The number of benzene rings is 1. The number of aromatic nitrogens is 3. The van der Waals surface area contributed by atoms with Gasteiger partial charge < -0.3 is 9.72 Å². The summed E-state index contributed by atoms with van der Waals surface area (Å²) in [4.78, 5) is 12.4. The molecule has 2 fully saturated rings. The third-order valence-corrected chi connectivity index (χ3v) is 8.01. The summed E-state index contributed by atoms with van der Waals surface area (Å²) in [6, 6.07) is 11.1. The molecule has 1 aliphatic carbocycles. The zero-order chi connectivity index (χ0) is 19.8. The van der Waals surface area contributed by atoms with Crippen LogP contribution in [0, 0.1) is 0 Å². The number of nitrogens with zero attached hydrogens (tertiary/aromatic N) is 3. The first-order valence-electron chi connectivity index (χ1n) is 10.1. The van der Waals surface area contributed by atoms with Gasteiger partial charge in [0, 0.05) is 0 Å². The number of imidazole rings is 1. The van der Waals surface area contributed by atoms with Crippen molar-refractivity contribution in [3.63, 3.8) is 0 Å². The summed E-state index contributed by atoms with van der Waals surface area (Å²) in [5.41, 5.74) is 10.5. The van der Waals surface area contributed by atoms with Gasteiger partial charge in [0.25, 0.3) is 6.01 Å². The average molecular weight is 520 g/mol. The first kappa shape index (κ1) is 19.6. The first-order chi connectivity index (χ1) is 14.2. The van der Waals surface area contributed by atoms with Gasteiger partial charge in [0.15, 0.2) is 0 Å². The second-order valence-electron chi connectivity index (χ2n) is 7.81. The van der Waals surface area contributed by atoms with E-state index in [1.165, 1.54) is 24.8 Å². The summed E-state index contributed by atoms with van der Waals surface area (Å²) in [7, 11) is 0. The van der Waals surface area contributed by atoms with Gasteiger partial charge in [-0.3, -0.25) is 0 Å². The van der Waals surface area contributed by atoms with Gasteiger partial charge in [0.1, 0.15) is 6.10 Å². The van der Waals surface area contributed by atoms with Crippen LogP contribution in [0.3, 0.4) is 0 Å². The molecular weight excluding hydrogens is 497 g/mol. The third kappa shape index (κ3) is 4.14. The van der Waals surface area contributed by atoms with Crippen molar-refractivity contribution in [1.82, 2.24) is 18.1 Å². The quantitative estimate of drug-likeness (QED) is 0.315. The van der Waals surface area contributed by atoms with Crippen molar-refractivity contribution in [2.24, 2.45) is 0 Å². The Kier molecular flexibility index (Phi) is 5.71. The normalized spacial score (nSPS) is 18.9. The number of H-pyrrole nitrogens is 1. The van der Waals surface area contributed by atoms with Crippen molar-refractivity contribution in [2.45, 2.75) is 44.1 Å². The second-order valence-corrected chi connectivity index (χ2v) is 10.1. The number of aromatic amines is 1. The summed E-state index contributed by atoms with van der Waals surface area (Å²) in [6.45, 7) is 2.23. The zero-order valence-electron chi connectivity index (χ0n) is 16.1. The number of hydrogen-bond acceptors (Lipinski definition) is 4. The molecule has 8 heteroatoms. The summed E-state index contributed by atoms with van der Waals surface area (Å²) >= 11 is 6.28. The van der Waals surface area contributed by atoms with Crippen LogP contribution in [0.2, 0.25) is 5.02 Å². The molecule has 2 radical (unpaired) electrons. The maximum absolute atomic E-state index is 6.55. The van der Waals surface area contributed by atoms with Crippen molar-refractivity contribution >= 4 is 28.5 Å². The Balaban J connectivity index is 1.36. The SMILES string of the molecule is [B][I-]N1CCC(c2ccc(-c3nc4nc(OC5CCC5)[nH]c4cc3Cl)cc2)CC1. The van der Waals surface area contributed by atoms with E-state index in [1.54, 1.807) is 0 Å². The van der Waals surface area contributed by atoms with Gasteiger partial charge in [-0.05, 0) is 19.3 Å². The number of nitrogens with one attached hydrogen (secondary N) is 1. The monoisotopic (exact) mass is 519 g/mol. The molecule has 3 aromatic rings. The van der Waals surface area contributed by atoms with E-state index in [2.05, 4.69) is 37.3 Å². The van der Waals surface area contributed by atoms with E-state index in [4.69, 9.17) is 27.0 Å². The second kappa shape index (κ2) is 8.43. The summed E-state index contributed by atoms with van der Waals surface area (Å²) < 4.78 is 8.27. The molecule has 1 aromatic carbocycles. The van der Waals surface area contributed by atoms with Crippen LogP contribution in [0.5, 0.6) is 6.01 Å². The predicted octanol–water partition coefficient (Wildman–Crippen LogP) is 1.48. The van der Waals surface area contributed by atoms with Crippen LogP contribution < -0.4 is 26.0 Å². The fraction of sp³-hybridized carbons (Fsp3) is 0.429. The van der Waals surface area contributed by atoms with Gasteiger partial charge in [-0.2, -0.15) is 0 Å². The van der Waals surface area contributed by atoms with Crippen molar-refractivity contribution in [3.05, 3.63) is 40.9 Å². The molecule has 2 aliphatic rings. The molecule has 1 aliphatic heterocycles. The number of hydrogen-bond donors (Lipinski definition) is 1. The Bertz CT molecular complexity index is 1000. The average Bonchev–Trinajstić information content (AvgIpc) is 3.12. The van der Waals surface area contributed by atoms with Crippen LogP contribution in [0.25, 0.3) is 22.4 Å². The van der Waals surface area contributed by atoms with Crippen LogP contribution in [0.15, 0.2) is 30.3 Å². The van der Waals surface area contributed by atoms with E-state index in [0.717, 1.165) is 42.7 Å². The van der Waals surface area contributed by atoms with E-state index in [0.29, 0.717) is 22.6 Å². The molecule has 3 heterocycles. The van der Waals surface area contributed by atoms with Crippen LogP contribution in [-0.4, -0.2) is 43.0 Å². The Labute approximate surface area is 187 Å². The molecule has 5 rings (SSSR count). The van der Waals surface area contributed by atoms with Crippen LogP contribution in [-0.2, 0) is 0 Å². The Morgan fingerprint density at radius 2 is 1.86 bits per heavy atom. The summed E-state index contributed by atoms with van der Waals surface area (Å²) in [5, 5.41) is 0.615. The summed E-state index contributed by atoms with van der Waals surface area (Å²) in [5.74, 6) is 0.610. The van der Waals surface area contributed by atoms with Gasteiger partial charge in [0.2, 0.25) is 0 Å². The molecule has 1 saturated heterocycles. The Morgan fingerprint density at radius 3 is 2.52 bits per heavy atom. The number of piperidine rings is 1. The number of halogens is 2. The molecule has 0 atom stereocenters. The molecule has 2 aromatic heterocycles. The van der Waals surface area contributed by atoms with Crippen molar-refractivity contribution in [3.8, 4) is 17.3 Å². The van der Waals surface area contributed by atoms with Crippen LogP contribution >= 0.6 is 11.6 Å². The molecule has 0 amide bonds. The molecular formula is C21H22BClIN4O-. The maximum atomic E-state index is 6.55. The molecule has 29 heavy (non-hydrogen) atoms. The van der Waals surface area contributed by atoms with Gasteiger partial charge in [-0.1, -0.05) is 0 Å². The number of ether oxygens (including phenoxy) is 1. The molecule has 0 unspecified atom stereocenters. The molecule has 0 spiro atoms. The molecule has 1 N–H and O–H groups in total. The number of rotatable bonds is 5. The first-order valence-corrected chi connectivity index (χ1v) is 12.7.